The minimum Gasteiger partial charge on any atom is -0.323 e. The summed E-state index contributed by atoms with van der Waals surface area (Å²) in [5.41, 5.74) is 1.46. The predicted molar refractivity (Wildman–Crippen MR) is 89.3 cm³/mol. The summed E-state index contributed by atoms with van der Waals surface area (Å²) in [6, 6.07) is 5.29. The van der Waals surface area contributed by atoms with E-state index in [4.69, 9.17) is 11.6 Å². The van der Waals surface area contributed by atoms with Gasteiger partial charge in [-0.25, -0.2) is 0 Å². The molecular weight excluding hydrogens is 328 g/mol. The lowest BCUT2D eigenvalue weighted by atomic mass is 9.85. The predicted octanol–water partition coefficient (Wildman–Crippen LogP) is 2.39. The Balaban J connectivity index is 1.47. The van der Waals surface area contributed by atoms with E-state index in [1.165, 1.54) is 0 Å². The molecule has 1 aromatic carbocycles. The van der Waals surface area contributed by atoms with Crippen LogP contribution in [0.2, 0.25) is 5.02 Å². The third-order valence-corrected chi connectivity index (χ3v) is 5.57. The van der Waals surface area contributed by atoms with Crippen LogP contribution in [0.4, 0.5) is 5.69 Å². The van der Waals surface area contributed by atoms with Crippen LogP contribution in [0, 0.1) is 30.6 Å². The summed E-state index contributed by atoms with van der Waals surface area (Å²) in [4.78, 5) is 38.5. The third kappa shape index (κ3) is 2.26. The number of hydrogen-bond donors (Lipinski definition) is 1. The van der Waals surface area contributed by atoms with Gasteiger partial charge in [0, 0.05) is 0 Å². The van der Waals surface area contributed by atoms with Gasteiger partial charge in [-0.3, -0.25) is 19.3 Å². The normalized spacial score (nSPS) is 30.2. The summed E-state index contributed by atoms with van der Waals surface area (Å²) in [5, 5.41) is 3.11. The van der Waals surface area contributed by atoms with Crippen molar-refractivity contribution in [3.8, 4) is 0 Å². The zero-order valence-corrected chi connectivity index (χ0v) is 13.9. The van der Waals surface area contributed by atoms with Gasteiger partial charge in [-0.1, -0.05) is 29.8 Å². The zero-order chi connectivity index (χ0) is 17.0. The third-order valence-electron chi connectivity index (χ3n) is 5.26. The van der Waals surface area contributed by atoms with Crippen molar-refractivity contribution in [2.45, 2.75) is 13.3 Å². The summed E-state index contributed by atoms with van der Waals surface area (Å²) >= 11 is 6.10. The lowest BCUT2D eigenvalue weighted by Gasteiger charge is -2.17. The summed E-state index contributed by atoms with van der Waals surface area (Å²) in [6.07, 6.45) is 4.95. The second-order valence-electron chi connectivity index (χ2n) is 6.79. The van der Waals surface area contributed by atoms with Crippen LogP contribution in [0.3, 0.4) is 0 Å². The van der Waals surface area contributed by atoms with Crippen LogP contribution < -0.4 is 5.32 Å². The number of anilines is 1. The maximum atomic E-state index is 12.6. The molecule has 6 heteroatoms. The molecular formula is C18H17ClN2O3. The smallest absolute Gasteiger partial charge is 0.244 e. The zero-order valence-electron chi connectivity index (χ0n) is 13.2. The summed E-state index contributed by atoms with van der Waals surface area (Å²) in [5.74, 6) is -1.10. The Bertz CT molecular complexity index is 758. The van der Waals surface area contributed by atoms with Crippen LogP contribution in [-0.2, 0) is 14.4 Å². The first-order valence-electron chi connectivity index (χ1n) is 8.05. The Morgan fingerprint density at radius 3 is 2.42 bits per heavy atom. The Hall–Kier alpha value is -2.14. The van der Waals surface area contributed by atoms with Crippen molar-refractivity contribution in [3.63, 3.8) is 0 Å². The standard InChI is InChI=1S/C18H17ClN2O3/c1-9-2-5-13(12(19)6-9)20-14(22)8-21-17(23)15-10-3-4-11(7-10)16(15)18(21)24/h2-6,10-11,15-16H,7-8H2,1H3,(H,20,22)/t10-,11-,15+,16+/m0/s1. The van der Waals surface area contributed by atoms with Gasteiger partial charge in [0.05, 0.1) is 22.5 Å². The van der Waals surface area contributed by atoms with Crippen molar-refractivity contribution in [2.75, 3.05) is 11.9 Å². The quantitative estimate of drug-likeness (QED) is 0.676. The number of allylic oxidation sites excluding steroid dienone is 2. The molecule has 5 nitrogen and oxygen atoms in total. The van der Waals surface area contributed by atoms with Crippen LogP contribution in [-0.4, -0.2) is 29.2 Å². The van der Waals surface area contributed by atoms with Gasteiger partial charge >= 0.3 is 0 Å². The number of carbonyl (C=O) groups excluding carboxylic acids is 3. The summed E-state index contributed by atoms with van der Waals surface area (Å²) < 4.78 is 0. The second kappa shape index (κ2) is 5.45. The molecule has 2 bridgehead atoms. The van der Waals surface area contributed by atoms with Crippen molar-refractivity contribution >= 4 is 35.0 Å². The number of nitrogens with one attached hydrogen (secondary N) is 1. The molecule has 0 unspecified atom stereocenters. The van der Waals surface area contributed by atoms with E-state index in [1.807, 2.05) is 25.1 Å². The monoisotopic (exact) mass is 344 g/mol. The summed E-state index contributed by atoms with van der Waals surface area (Å²) in [7, 11) is 0. The molecule has 1 aromatic rings. The fraction of sp³-hybridized carbons (Fsp3) is 0.389. The highest BCUT2D eigenvalue weighted by atomic mass is 35.5. The Kier molecular flexibility index (Phi) is 3.49. The molecule has 0 aromatic heterocycles. The molecule has 0 radical (unpaired) electrons. The van der Waals surface area contributed by atoms with Crippen LogP contribution in [0.15, 0.2) is 30.4 Å². The Morgan fingerprint density at radius 2 is 1.83 bits per heavy atom. The molecule has 2 aliphatic carbocycles. The van der Waals surface area contributed by atoms with Crippen molar-refractivity contribution in [3.05, 3.63) is 40.9 Å². The van der Waals surface area contributed by atoms with E-state index >= 15 is 0 Å². The highest BCUT2D eigenvalue weighted by Gasteiger charge is 2.59. The Labute approximate surface area is 144 Å². The number of fused-ring (bicyclic) bond motifs is 5. The fourth-order valence-electron chi connectivity index (χ4n) is 4.17. The number of benzene rings is 1. The van der Waals surface area contributed by atoms with Crippen molar-refractivity contribution in [2.24, 2.45) is 23.7 Å². The average molecular weight is 345 g/mol. The first-order valence-corrected chi connectivity index (χ1v) is 8.43. The van der Waals surface area contributed by atoms with Crippen LogP contribution in [0.25, 0.3) is 0 Å². The number of halogens is 1. The molecule has 124 valence electrons. The van der Waals surface area contributed by atoms with E-state index < -0.39 is 5.91 Å². The van der Waals surface area contributed by atoms with E-state index in [2.05, 4.69) is 5.32 Å². The molecule has 0 spiro atoms. The number of imide groups is 1. The minimum absolute atomic E-state index is 0.149. The van der Waals surface area contributed by atoms with E-state index in [0.717, 1.165) is 16.9 Å². The van der Waals surface area contributed by atoms with E-state index in [1.54, 1.807) is 12.1 Å². The van der Waals surface area contributed by atoms with Gasteiger partial charge in [0.25, 0.3) is 0 Å². The number of hydrogen-bond acceptors (Lipinski definition) is 3. The maximum absolute atomic E-state index is 12.6. The molecule has 1 N–H and O–H groups in total. The molecule has 2 fully saturated rings. The molecule has 4 atom stereocenters. The number of aryl methyl sites for hydroxylation is 1. The maximum Gasteiger partial charge on any atom is 0.244 e. The molecule has 1 heterocycles. The molecule has 1 saturated carbocycles. The lowest BCUT2D eigenvalue weighted by Crippen LogP contribution is -2.39. The SMILES string of the molecule is Cc1ccc(NC(=O)CN2C(=O)[C@H]3[C@H](C2=O)[C@H]2C=C[C@H]3C2)c(Cl)c1. The highest BCUT2D eigenvalue weighted by molar-refractivity contribution is 6.33. The lowest BCUT2D eigenvalue weighted by molar-refractivity contribution is -0.143. The van der Waals surface area contributed by atoms with Crippen molar-refractivity contribution in [1.82, 2.24) is 4.90 Å². The van der Waals surface area contributed by atoms with Crippen LogP contribution in [0.5, 0.6) is 0 Å². The van der Waals surface area contributed by atoms with Crippen molar-refractivity contribution in [1.29, 1.82) is 0 Å². The van der Waals surface area contributed by atoms with Crippen LogP contribution in [0.1, 0.15) is 12.0 Å². The Morgan fingerprint density at radius 1 is 1.21 bits per heavy atom. The molecule has 1 aliphatic heterocycles. The van der Waals surface area contributed by atoms with Crippen molar-refractivity contribution < 1.29 is 14.4 Å². The van der Waals surface area contributed by atoms with Gasteiger partial charge in [0.1, 0.15) is 6.54 Å². The number of amides is 3. The van der Waals surface area contributed by atoms with Gasteiger partial charge in [-0.15, -0.1) is 0 Å². The van der Waals surface area contributed by atoms with E-state index in [0.29, 0.717) is 10.7 Å². The minimum atomic E-state index is -0.414. The topological polar surface area (TPSA) is 66.5 Å². The van der Waals surface area contributed by atoms with E-state index in [-0.39, 0.29) is 42.0 Å². The van der Waals surface area contributed by atoms with Gasteiger partial charge in [0.2, 0.25) is 17.7 Å². The van der Waals surface area contributed by atoms with Gasteiger partial charge < -0.3 is 5.32 Å². The highest BCUT2D eigenvalue weighted by Crippen LogP contribution is 2.52. The van der Waals surface area contributed by atoms with Gasteiger partial charge in [0.15, 0.2) is 0 Å². The van der Waals surface area contributed by atoms with E-state index in [9.17, 15) is 14.4 Å². The summed E-state index contributed by atoms with van der Waals surface area (Å²) in [6.45, 7) is 1.65. The number of nitrogens with zero attached hydrogens (tertiary/aromatic N) is 1. The first kappa shape index (κ1) is 15.4. The largest absolute Gasteiger partial charge is 0.323 e. The first-order chi connectivity index (χ1) is 11.5. The number of rotatable bonds is 3. The molecule has 3 amide bonds. The van der Waals surface area contributed by atoms with Crippen LogP contribution >= 0.6 is 11.6 Å². The number of carbonyl (C=O) groups is 3. The van der Waals surface area contributed by atoms with Gasteiger partial charge in [-0.05, 0) is 42.9 Å². The fourth-order valence-corrected chi connectivity index (χ4v) is 4.46. The second-order valence-corrected chi connectivity index (χ2v) is 7.20. The molecule has 3 aliphatic rings. The van der Waals surface area contributed by atoms with Gasteiger partial charge in [-0.2, -0.15) is 0 Å². The molecule has 1 saturated heterocycles. The number of likely N-dealkylation sites (tertiary alicyclic amines) is 1. The molecule has 4 rings (SSSR count). The average Bonchev–Trinajstić information content (AvgIpc) is 3.20. The molecule has 24 heavy (non-hydrogen) atoms.